The van der Waals surface area contributed by atoms with Gasteiger partial charge in [-0.1, -0.05) is 6.07 Å². The standard InChI is InChI=1S/C25H34F3N3O5/c26-25(27,28)24(8-12-35-13-9-24)23(34)31-20(22(32)33)7-11-36-19-14-16(15-19)3-5-18-6-4-17-2-1-10-29-21(17)30-18/h4,6,16,19-20H,1-3,5,7-15H2,(H,29,30)(H,31,34)(H,32,33)/t16-,19+,20?. The van der Waals surface area contributed by atoms with Gasteiger partial charge in [0.15, 0.2) is 0 Å². The number of pyridine rings is 1. The first-order chi connectivity index (χ1) is 17.2. The SMILES string of the molecule is O=C(O)C(CCO[C@H]1C[C@@H](CCc2ccc3c(n2)NCCC3)C1)NC(=O)C1(C(F)(F)F)CCOCC1. The van der Waals surface area contributed by atoms with Crippen molar-refractivity contribution in [2.75, 3.05) is 31.7 Å². The number of aromatic nitrogens is 1. The summed E-state index contributed by atoms with van der Waals surface area (Å²) in [6, 6.07) is 2.79. The predicted molar refractivity (Wildman–Crippen MR) is 125 cm³/mol. The van der Waals surface area contributed by atoms with Gasteiger partial charge in [-0.25, -0.2) is 9.78 Å². The number of halogens is 3. The van der Waals surface area contributed by atoms with Crippen molar-refractivity contribution in [3.63, 3.8) is 0 Å². The Morgan fingerprint density at radius 2 is 2.03 bits per heavy atom. The van der Waals surface area contributed by atoms with Crippen molar-refractivity contribution in [2.45, 2.75) is 76.1 Å². The van der Waals surface area contributed by atoms with E-state index in [9.17, 15) is 27.9 Å². The highest BCUT2D eigenvalue weighted by atomic mass is 19.4. The van der Waals surface area contributed by atoms with Crippen molar-refractivity contribution < 1.29 is 37.3 Å². The van der Waals surface area contributed by atoms with Crippen LogP contribution in [0, 0.1) is 11.3 Å². The first kappa shape index (κ1) is 26.7. The molecule has 2 fully saturated rings. The Hall–Kier alpha value is -2.40. The number of alkyl halides is 3. The lowest BCUT2D eigenvalue weighted by atomic mass is 9.78. The van der Waals surface area contributed by atoms with Gasteiger partial charge in [-0.3, -0.25) is 4.79 Å². The van der Waals surface area contributed by atoms with Crippen LogP contribution in [0.15, 0.2) is 12.1 Å². The van der Waals surface area contributed by atoms with Crippen LogP contribution in [0.2, 0.25) is 0 Å². The number of carbonyl (C=O) groups excluding carboxylic acids is 1. The summed E-state index contributed by atoms with van der Waals surface area (Å²) in [6.45, 7) is 0.608. The molecule has 1 aliphatic carbocycles. The van der Waals surface area contributed by atoms with E-state index in [4.69, 9.17) is 14.5 Å². The molecule has 200 valence electrons. The Balaban J connectivity index is 1.18. The van der Waals surface area contributed by atoms with Gasteiger partial charge < -0.3 is 25.2 Å². The van der Waals surface area contributed by atoms with Crippen LogP contribution >= 0.6 is 0 Å². The van der Waals surface area contributed by atoms with Gasteiger partial charge >= 0.3 is 12.1 Å². The topological polar surface area (TPSA) is 110 Å². The van der Waals surface area contributed by atoms with Crippen LogP contribution in [0.1, 0.15) is 56.2 Å². The zero-order valence-corrected chi connectivity index (χ0v) is 20.2. The normalized spacial score (nSPS) is 24.1. The third-order valence-corrected chi connectivity index (χ3v) is 7.64. The lowest BCUT2D eigenvalue weighted by Crippen LogP contribution is -2.57. The van der Waals surface area contributed by atoms with Crippen molar-refractivity contribution >= 4 is 17.7 Å². The van der Waals surface area contributed by atoms with Crippen LogP contribution in [0.4, 0.5) is 19.0 Å². The van der Waals surface area contributed by atoms with Crippen LogP contribution in [0.3, 0.4) is 0 Å². The first-order valence-corrected chi connectivity index (χ1v) is 12.7. The summed E-state index contributed by atoms with van der Waals surface area (Å²) in [6.07, 6.45) is -0.176. The molecule has 36 heavy (non-hydrogen) atoms. The van der Waals surface area contributed by atoms with Gasteiger partial charge in [0.05, 0.1) is 6.10 Å². The number of aryl methyl sites for hydroxylation is 2. The average Bonchev–Trinajstić information content (AvgIpc) is 2.83. The number of hydrogen-bond acceptors (Lipinski definition) is 6. The average molecular weight is 514 g/mol. The first-order valence-electron chi connectivity index (χ1n) is 12.7. The molecule has 8 nitrogen and oxygen atoms in total. The van der Waals surface area contributed by atoms with Gasteiger partial charge in [-0.15, -0.1) is 0 Å². The highest BCUT2D eigenvalue weighted by Gasteiger charge is 2.60. The van der Waals surface area contributed by atoms with E-state index in [1.165, 1.54) is 5.56 Å². The lowest BCUT2D eigenvalue weighted by Gasteiger charge is -2.38. The van der Waals surface area contributed by atoms with E-state index >= 15 is 0 Å². The van der Waals surface area contributed by atoms with Gasteiger partial charge in [0.2, 0.25) is 5.91 Å². The number of carboxylic acids is 1. The van der Waals surface area contributed by atoms with E-state index in [0.717, 1.165) is 56.6 Å². The fraction of sp³-hybridized carbons (Fsp3) is 0.720. The van der Waals surface area contributed by atoms with Crippen LogP contribution in [0.25, 0.3) is 0 Å². The van der Waals surface area contributed by atoms with E-state index in [2.05, 4.69) is 22.8 Å². The molecule has 1 saturated heterocycles. The summed E-state index contributed by atoms with van der Waals surface area (Å²) in [7, 11) is 0. The summed E-state index contributed by atoms with van der Waals surface area (Å²) in [5.74, 6) is -1.20. The molecule has 1 aromatic rings. The summed E-state index contributed by atoms with van der Waals surface area (Å²) in [5.41, 5.74) is -0.294. The molecule has 11 heteroatoms. The number of fused-ring (bicyclic) bond motifs is 1. The van der Waals surface area contributed by atoms with Gasteiger partial charge in [0.1, 0.15) is 17.3 Å². The molecular formula is C25H34F3N3O5. The van der Waals surface area contributed by atoms with Gasteiger partial charge in [-0.2, -0.15) is 13.2 Å². The van der Waals surface area contributed by atoms with Crippen LogP contribution in [0.5, 0.6) is 0 Å². The lowest BCUT2D eigenvalue weighted by molar-refractivity contribution is -0.240. The maximum atomic E-state index is 13.7. The Labute approximate surface area is 208 Å². The second-order valence-electron chi connectivity index (χ2n) is 10.1. The number of hydrogen-bond donors (Lipinski definition) is 3. The molecule has 1 unspecified atom stereocenters. The molecule has 0 spiro atoms. The minimum atomic E-state index is -4.79. The zero-order valence-electron chi connectivity index (χ0n) is 20.2. The van der Waals surface area contributed by atoms with Crippen LogP contribution in [-0.2, 0) is 31.9 Å². The number of ether oxygens (including phenoxy) is 2. The molecule has 1 saturated carbocycles. The van der Waals surface area contributed by atoms with E-state index in [-0.39, 0.29) is 32.3 Å². The Bertz CT molecular complexity index is 930. The largest absolute Gasteiger partial charge is 0.480 e. The minimum absolute atomic E-state index is 0.00434. The Morgan fingerprint density at radius 1 is 1.28 bits per heavy atom. The zero-order chi connectivity index (χ0) is 25.8. The minimum Gasteiger partial charge on any atom is -0.480 e. The molecule has 4 rings (SSSR count). The number of nitrogens with zero attached hydrogens (tertiary/aromatic N) is 1. The maximum Gasteiger partial charge on any atom is 0.403 e. The number of aliphatic carboxylic acids is 1. The molecule has 3 N–H and O–H groups in total. The maximum absolute atomic E-state index is 13.7. The van der Waals surface area contributed by atoms with Gasteiger partial charge in [-0.05, 0) is 68.9 Å². The smallest absolute Gasteiger partial charge is 0.403 e. The quantitative estimate of drug-likeness (QED) is 0.439. The van der Waals surface area contributed by atoms with Crippen molar-refractivity contribution in [3.8, 4) is 0 Å². The van der Waals surface area contributed by atoms with E-state index in [1.54, 1.807) is 0 Å². The second-order valence-corrected chi connectivity index (χ2v) is 10.1. The Kier molecular flexibility index (Phi) is 8.39. The molecule has 1 aromatic heterocycles. The fourth-order valence-electron chi connectivity index (χ4n) is 5.17. The number of amides is 1. The van der Waals surface area contributed by atoms with Gasteiger partial charge in [0, 0.05) is 38.5 Å². The van der Waals surface area contributed by atoms with E-state index in [1.807, 2.05) is 0 Å². The van der Waals surface area contributed by atoms with Gasteiger partial charge in [0.25, 0.3) is 0 Å². The number of anilines is 1. The molecule has 3 heterocycles. The molecular weight excluding hydrogens is 479 g/mol. The summed E-state index contributed by atoms with van der Waals surface area (Å²) in [4.78, 5) is 28.9. The second kappa shape index (κ2) is 11.3. The van der Waals surface area contributed by atoms with E-state index < -0.39 is 42.4 Å². The fourth-order valence-corrected chi connectivity index (χ4v) is 5.17. The number of nitrogens with one attached hydrogen (secondary N) is 2. The highest BCUT2D eigenvalue weighted by molar-refractivity contribution is 5.88. The molecule has 3 aliphatic rings. The third-order valence-electron chi connectivity index (χ3n) is 7.64. The van der Waals surface area contributed by atoms with Crippen molar-refractivity contribution in [1.82, 2.24) is 10.3 Å². The van der Waals surface area contributed by atoms with Crippen molar-refractivity contribution in [2.24, 2.45) is 11.3 Å². The Morgan fingerprint density at radius 3 is 2.72 bits per heavy atom. The van der Waals surface area contributed by atoms with Crippen molar-refractivity contribution in [3.05, 3.63) is 23.4 Å². The summed E-state index contributed by atoms with van der Waals surface area (Å²) >= 11 is 0. The van der Waals surface area contributed by atoms with Crippen molar-refractivity contribution in [1.29, 1.82) is 0 Å². The molecule has 1 amide bonds. The predicted octanol–water partition coefficient (Wildman–Crippen LogP) is 3.49. The number of carboxylic acid groups (broad SMARTS) is 1. The number of rotatable bonds is 10. The molecule has 2 aliphatic heterocycles. The summed E-state index contributed by atoms with van der Waals surface area (Å²) in [5, 5.41) is 14.9. The monoisotopic (exact) mass is 513 g/mol. The third kappa shape index (κ3) is 6.11. The van der Waals surface area contributed by atoms with Crippen LogP contribution < -0.4 is 10.6 Å². The summed E-state index contributed by atoms with van der Waals surface area (Å²) < 4.78 is 51.8. The molecule has 0 radical (unpaired) electrons. The van der Waals surface area contributed by atoms with Crippen LogP contribution in [-0.4, -0.2) is 66.7 Å². The van der Waals surface area contributed by atoms with E-state index in [0.29, 0.717) is 5.92 Å². The molecule has 0 aromatic carbocycles. The molecule has 1 atom stereocenters. The molecule has 0 bridgehead atoms. The highest BCUT2D eigenvalue weighted by Crippen LogP contribution is 2.46. The number of carbonyl (C=O) groups is 2.